The van der Waals surface area contributed by atoms with Gasteiger partial charge in [-0.25, -0.2) is 9.37 Å². The molecule has 0 amide bonds. The Labute approximate surface area is 128 Å². The number of rotatable bonds is 4. The largest absolute Gasteiger partial charge is 0.269 e. The van der Waals surface area contributed by atoms with E-state index in [9.17, 15) is 9.18 Å². The molecule has 2 aromatic heterocycles. The van der Waals surface area contributed by atoms with Crippen molar-refractivity contribution in [2.24, 2.45) is 0 Å². The fraction of sp³-hybridized carbons (Fsp3) is 0.222. The molecule has 0 bridgehead atoms. The zero-order valence-electron chi connectivity index (χ0n) is 12.4. The number of pyridine rings is 1. The van der Waals surface area contributed by atoms with Crippen LogP contribution in [0.4, 0.5) is 4.39 Å². The second-order valence-corrected chi connectivity index (χ2v) is 5.34. The van der Waals surface area contributed by atoms with Gasteiger partial charge in [0.25, 0.3) is 5.56 Å². The molecule has 112 valence electrons. The Kier molecular flexibility index (Phi) is 4.00. The van der Waals surface area contributed by atoms with Crippen LogP contribution in [0.3, 0.4) is 0 Å². The lowest BCUT2D eigenvalue weighted by atomic mass is 10.1. The van der Waals surface area contributed by atoms with Crippen molar-refractivity contribution in [3.05, 3.63) is 70.5 Å². The first-order valence-corrected chi connectivity index (χ1v) is 7.45. The van der Waals surface area contributed by atoms with Gasteiger partial charge < -0.3 is 0 Å². The average molecular weight is 296 g/mol. The number of halogens is 1. The number of hydrogen-bond acceptors (Lipinski definition) is 2. The third-order valence-electron chi connectivity index (χ3n) is 3.76. The van der Waals surface area contributed by atoms with Crippen LogP contribution >= 0.6 is 0 Å². The number of benzene rings is 1. The summed E-state index contributed by atoms with van der Waals surface area (Å²) in [6.45, 7) is 2.10. The summed E-state index contributed by atoms with van der Waals surface area (Å²) in [5.41, 5.74) is 3.14. The molecule has 22 heavy (non-hydrogen) atoms. The predicted octanol–water partition coefficient (Wildman–Crippen LogP) is 3.84. The molecule has 3 rings (SSSR count). The third-order valence-corrected chi connectivity index (χ3v) is 3.76. The Morgan fingerprint density at radius 2 is 1.91 bits per heavy atom. The molecular weight excluding hydrogens is 279 g/mol. The van der Waals surface area contributed by atoms with E-state index in [4.69, 9.17) is 0 Å². The molecule has 3 aromatic rings. The number of fused-ring (bicyclic) bond motifs is 1. The van der Waals surface area contributed by atoms with E-state index in [0.717, 1.165) is 36.0 Å². The molecule has 2 heterocycles. The Balaban J connectivity index is 2.04. The molecule has 1 aromatic carbocycles. The van der Waals surface area contributed by atoms with Gasteiger partial charge in [-0.2, -0.15) is 0 Å². The molecule has 3 nitrogen and oxygen atoms in total. The van der Waals surface area contributed by atoms with Gasteiger partial charge in [-0.05, 0) is 48.2 Å². The number of aryl methyl sites for hydroxylation is 1. The molecule has 0 aliphatic rings. The SMILES string of the molecule is CCCCc1cnc2cc(-c3ccc(F)cc3)ccn2c1=O. The second-order valence-electron chi connectivity index (χ2n) is 5.34. The highest BCUT2D eigenvalue weighted by Crippen LogP contribution is 2.20. The van der Waals surface area contributed by atoms with Gasteiger partial charge >= 0.3 is 0 Å². The topological polar surface area (TPSA) is 34.4 Å². The van der Waals surface area contributed by atoms with Gasteiger partial charge in [0, 0.05) is 18.0 Å². The average Bonchev–Trinajstić information content (AvgIpc) is 2.55. The zero-order chi connectivity index (χ0) is 15.5. The van der Waals surface area contributed by atoms with E-state index in [0.29, 0.717) is 5.65 Å². The molecule has 0 aliphatic heterocycles. The maximum atomic E-state index is 13.0. The highest BCUT2D eigenvalue weighted by atomic mass is 19.1. The maximum Gasteiger partial charge on any atom is 0.261 e. The fourth-order valence-electron chi connectivity index (χ4n) is 2.47. The first-order valence-electron chi connectivity index (χ1n) is 7.45. The smallest absolute Gasteiger partial charge is 0.261 e. The number of nitrogens with zero attached hydrogens (tertiary/aromatic N) is 2. The summed E-state index contributed by atoms with van der Waals surface area (Å²) in [7, 11) is 0. The minimum atomic E-state index is -0.264. The van der Waals surface area contributed by atoms with Gasteiger partial charge in [0.2, 0.25) is 0 Å². The van der Waals surface area contributed by atoms with Crippen LogP contribution in [0.2, 0.25) is 0 Å². The number of unbranched alkanes of at least 4 members (excludes halogenated alkanes) is 1. The molecule has 0 radical (unpaired) electrons. The lowest BCUT2D eigenvalue weighted by molar-refractivity contribution is 0.628. The van der Waals surface area contributed by atoms with E-state index in [2.05, 4.69) is 11.9 Å². The van der Waals surface area contributed by atoms with Gasteiger partial charge in [-0.1, -0.05) is 25.5 Å². The maximum absolute atomic E-state index is 13.0. The molecule has 0 saturated carbocycles. The minimum Gasteiger partial charge on any atom is -0.269 e. The summed E-state index contributed by atoms with van der Waals surface area (Å²) in [5, 5.41) is 0. The van der Waals surface area contributed by atoms with E-state index in [-0.39, 0.29) is 11.4 Å². The zero-order valence-corrected chi connectivity index (χ0v) is 12.4. The second kappa shape index (κ2) is 6.10. The van der Waals surface area contributed by atoms with E-state index >= 15 is 0 Å². The van der Waals surface area contributed by atoms with Crippen molar-refractivity contribution in [2.75, 3.05) is 0 Å². The lowest BCUT2D eigenvalue weighted by Gasteiger charge is -2.07. The van der Waals surface area contributed by atoms with Gasteiger partial charge in [0.1, 0.15) is 11.5 Å². The monoisotopic (exact) mass is 296 g/mol. The Hall–Kier alpha value is -2.49. The van der Waals surface area contributed by atoms with E-state index < -0.39 is 0 Å². The Bertz CT molecular complexity index is 853. The quantitative estimate of drug-likeness (QED) is 0.733. The molecule has 0 fully saturated rings. The molecule has 0 spiro atoms. The molecule has 4 heteroatoms. The normalized spacial score (nSPS) is 11.0. The summed E-state index contributed by atoms with van der Waals surface area (Å²) in [6.07, 6.45) is 6.19. The highest BCUT2D eigenvalue weighted by molar-refractivity contribution is 5.67. The summed E-state index contributed by atoms with van der Waals surface area (Å²) in [4.78, 5) is 16.8. The summed E-state index contributed by atoms with van der Waals surface area (Å²) >= 11 is 0. The lowest BCUT2D eigenvalue weighted by Crippen LogP contribution is -2.19. The van der Waals surface area contributed by atoms with Gasteiger partial charge in [-0.3, -0.25) is 9.20 Å². The molecule has 0 unspecified atom stereocenters. The summed E-state index contributed by atoms with van der Waals surface area (Å²) in [6, 6.07) is 9.98. The standard InChI is InChI=1S/C18H17FN2O/c1-2-3-4-15-12-20-17-11-14(9-10-21(17)18(15)22)13-5-7-16(19)8-6-13/h5-12H,2-4H2,1H3. The fourth-order valence-corrected chi connectivity index (χ4v) is 2.47. The number of aromatic nitrogens is 2. The third kappa shape index (κ3) is 2.77. The van der Waals surface area contributed by atoms with Crippen LogP contribution in [-0.4, -0.2) is 9.38 Å². The predicted molar refractivity (Wildman–Crippen MR) is 85.5 cm³/mol. The Morgan fingerprint density at radius 1 is 1.14 bits per heavy atom. The van der Waals surface area contributed by atoms with Gasteiger partial charge in [-0.15, -0.1) is 0 Å². The van der Waals surface area contributed by atoms with Crippen molar-refractivity contribution < 1.29 is 4.39 Å². The molecule has 0 aliphatic carbocycles. The van der Waals surface area contributed by atoms with Crippen molar-refractivity contribution >= 4 is 5.65 Å². The van der Waals surface area contributed by atoms with Crippen LogP contribution in [-0.2, 0) is 6.42 Å². The first-order chi connectivity index (χ1) is 10.7. The molecular formula is C18H17FN2O. The first kappa shape index (κ1) is 14.4. The van der Waals surface area contributed by atoms with E-state index in [1.54, 1.807) is 28.9 Å². The van der Waals surface area contributed by atoms with Crippen molar-refractivity contribution in [3.63, 3.8) is 0 Å². The highest BCUT2D eigenvalue weighted by Gasteiger charge is 2.06. The molecule has 0 N–H and O–H groups in total. The van der Waals surface area contributed by atoms with Crippen LogP contribution in [0.25, 0.3) is 16.8 Å². The van der Waals surface area contributed by atoms with Crippen LogP contribution < -0.4 is 5.56 Å². The van der Waals surface area contributed by atoms with E-state index in [1.165, 1.54) is 12.1 Å². The summed E-state index contributed by atoms with van der Waals surface area (Å²) in [5.74, 6) is -0.264. The van der Waals surface area contributed by atoms with Crippen molar-refractivity contribution in [2.45, 2.75) is 26.2 Å². The van der Waals surface area contributed by atoms with Gasteiger partial charge in [0.15, 0.2) is 0 Å². The van der Waals surface area contributed by atoms with Crippen molar-refractivity contribution in [1.82, 2.24) is 9.38 Å². The van der Waals surface area contributed by atoms with Gasteiger partial charge in [0.05, 0.1) is 0 Å². The van der Waals surface area contributed by atoms with Crippen molar-refractivity contribution in [1.29, 1.82) is 0 Å². The van der Waals surface area contributed by atoms with Crippen LogP contribution in [0.1, 0.15) is 25.3 Å². The number of hydrogen-bond donors (Lipinski definition) is 0. The molecule has 0 saturated heterocycles. The Morgan fingerprint density at radius 3 is 2.64 bits per heavy atom. The minimum absolute atomic E-state index is 0.0101. The van der Waals surface area contributed by atoms with Crippen LogP contribution in [0.15, 0.2) is 53.6 Å². The van der Waals surface area contributed by atoms with Crippen LogP contribution in [0, 0.1) is 5.82 Å². The van der Waals surface area contributed by atoms with Crippen molar-refractivity contribution in [3.8, 4) is 11.1 Å². The van der Waals surface area contributed by atoms with Crippen LogP contribution in [0.5, 0.6) is 0 Å². The van der Waals surface area contributed by atoms with E-state index in [1.807, 2.05) is 12.1 Å². The summed E-state index contributed by atoms with van der Waals surface area (Å²) < 4.78 is 14.6. The molecule has 0 atom stereocenters.